The third-order valence-electron chi connectivity index (χ3n) is 3.00. The lowest BCUT2D eigenvalue weighted by molar-refractivity contribution is -0.149. The van der Waals surface area contributed by atoms with Crippen molar-refractivity contribution in [1.82, 2.24) is 0 Å². The zero-order chi connectivity index (χ0) is 11.8. The molecule has 16 heavy (non-hydrogen) atoms. The SMILES string of the molecule is CC1(C)OC[C@H](C(O)C2=CCCCC2=O)O1. The first kappa shape index (κ1) is 11.8. The molecule has 1 heterocycles. The molecule has 1 aliphatic carbocycles. The highest BCUT2D eigenvalue weighted by Crippen LogP contribution is 2.28. The van der Waals surface area contributed by atoms with Crippen LogP contribution < -0.4 is 0 Å². The third-order valence-corrected chi connectivity index (χ3v) is 3.00. The topological polar surface area (TPSA) is 55.8 Å². The number of allylic oxidation sites excluding steroid dienone is 1. The van der Waals surface area contributed by atoms with E-state index in [9.17, 15) is 9.90 Å². The Bertz CT molecular complexity index is 319. The maximum atomic E-state index is 11.6. The molecule has 0 aromatic carbocycles. The standard InChI is InChI=1S/C12H18O4/c1-12(2)15-7-10(16-12)11(14)8-5-3-4-6-9(8)13/h5,10-11,14H,3-4,6-7H2,1-2H3/t10-,11?/m1/s1. The van der Waals surface area contributed by atoms with Crippen molar-refractivity contribution in [2.45, 2.75) is 51.1 Å². The molecule has 1 unspecified atom stereocenters. The molecule has 0 saturated carbocycles. The van der Waals surface area contributed by atoms with Crippen LogP contribution in [0.2, 0.25) is 0 Å². The third kappa shape index (κ3) is 2.34. The highest BCUT2D eigenvalue weighted by atomic mass is 16.7. The Morgan fingerprint density at radius 1 is 1.56 bits per heavy atom. The first-order valence-electron chi connectivity index (χ1n) is 5.73. The predicted octanol–water partition coefficient (Wildman–Crippen LogP) is 1.18. The zero-order valence-electron chi connectivity index (χ0n) is 9.73. The summed E-state index contributed by atoms with van der Waals surface area (Å²) >= 11 is 0. The Balaban J connectivity index is 2.05. The van der Waals surface area contributed by atoms with Gasteiger partial charge in [0.15, 0.2) is 11.6 Å². The second-order valence-electron chi connectivity index (χ2n) is 4.79. The van der Waals surface area contributed by atoms with Gasteiger partial charge in [0, 0.05) is 12.0 Å². The zero-order valence-corrected chi connectivity index (χ0v) is 9.73. The van der Waals surface area contributed by atoms with Crippen molar-refractivity contribution in [1.29, 1.82) is 0 Å². The van der Waals surface area contributed by atoms with Crippen molar-refractivity contribution in [3.8, 4) is 0 Å². The molecule has 0 aromatic heterocycles. The summed E-state index contributed by atoms with van der Waals surface area (Å²) in [6.45, 7) is 3.94. The van der Waals surface area contributed by atoms with Crippen LogP contribution in [0.5, 0.6) is 0 Å². The van der Waals surface area contributed by atoms with Gasteiger partial charge in [-0.05, 0) is 26.7 Å². The number of hydrogen-bond donors (Lipinski definition) is 1. The van der Waals surface area contributed by atoms with Gasteiger partial charge in [-0.3, -0.25) is 4.79 Å². The van der Waals surface area contributed by atoms with Crippen molar-refractivity contribution in [3.05, 3.63) is 11.6 Å². The van der Waals surface area contributed by atoms with Crippen LogP contribution in [0.15, 0.2) is 11.6 Å². The lowest BCUT2D eigenvalue weighted by Gasteiger charge is -2.23. The minimum Gasteiger partial charge on any atom is -0.385 e. The average Bonchev–Trinajstić information content (AvgIpc) is 2.59. The molecule has 1 fully saturated rings. The number of carbonyl (C=O) groups excluding carboxylic acids is 1. The van der Waals surface area contributed by atoms with Crippen molar-refractivity contribution < 1.29 is 19.4 Å². The summed E-state index contributed by atoms with van der Waals surface area (Å²) in [5, 5.41) is 10.1. The molecule has 1 saturated heterocycles. The molecular formula is C12H18O4. The molecule has 0 amide bonds. The summed E-state index contributed by atoms with van der Waals surface area (Å²) < 4.78 is 10.9. The first-order valence-corrected chi connectivity index (χ1v) is 5.73. The normalized spacial score (nSPS) is 31.3. The largest absolute Gasteiger partial charge is 0.385 e. The Morgan fingerprint density at radius 2 is 2.31 bits per heavy atom. The van der Waals surface area contributed by atoms with Crippen LogP contribution in [0.3, 0.4) is 0 Å². The minimum absolute atomic E-state index is 0.0343. The lowest BCUT2D eigenvalue weighted by Crippen LogP contribution is -2.35. The van der Waals surface area contributed by atoms with Gasteiger partial charge in [0.25, 0.3) is 0 Å². The number of aliphatic hydroxyl groups excluding tert-OH is 1. The van der Waals surface area contributed by atoms with E-state index in [4.69, 9.17) is 9.47 Å². The molecule has 0 spiro atoms. The van der Waals surface area contributed by atoms with Gasteiger partial charge in [-0.25, -0.2) is 0 Å². The van der Waals surface area contributed by atoms with Crippen molar-refractivity contribution >= 4 is 5.78 Å². The van der Waals surface area contributed by atoms with E-state index in [2.05, 4.69) is 0 Å². The molecular weight excluding hydrogens is 208 g/mol. The van der Waals surface area contributed by atoms with Crippen LogP contribution in [0.1, 0.15) is 33.1 Å². The van der Waals surface area contributed by atoms with Crippen LogP contribution in [0.25, 0.3) is 0 Å². The molecule has 90 valence electrons. The van der Waals surface area contributed by atoms with Crippen LogP contribution in [0.4, 0.5) is 0 Å². The van der Waals surface area contributed by atoms with Gasteiger partial charge in [0.1, 0.15) is 12.2 Å². The summed E-state index contributed by atoms with van der Waals surface area (Å²) in [5.41, 5.74) is 0.498. The van der Waals surface area contributed by atoms with E-state index in [1.165, 1.54) is 0 Å². The van der Waals surface area contributed by atoms with E-state index < -0.39 is 18.0 Å². The van der Waals surface area contributed by atoms with Crippen molar-refractivity contribution in [2.75, 3.05) is 6.61 Å². The van der Waals surface area contributed by atoms with E-state index in [1.54, 1.807) is 13.8 Å². The van der Waals surface area contributed by atoms with Crippen LogP contribution >= 0.6 is 0 Å². The molecule has 4 heteroatoms. The fraction of sp³-hybridized carbons (Fsp3) is 0.750. The molecule has 0 aromatic rings. The number of hydrogen-bond acceptors (Lipinski definition) is 4. The van der Waals surface area contributed by atoms with Gasteiger partial charge in [0.05, 0.1) is 6.61 Å². The van der Waals surface area contributed by atoms with Gasteiger partial charge < -0.3 is 14.6 Å². The summed E-state index contributed by atoms with van der Waals surface area (Å²) in [6.07, 6.45) is 2.81. The summed E-state index contributed by atoms with van der Waals surface area (Å²) in [6, 6.07) is 0. The smallest absolute Gasteiger partial charge is 0.163 e. The molecule has 1 aliphatic heterocycles. The second kappa shape index (κ2) is 4.28. The molecule has 2 atom stereocenters. The molecule has 0 bridgehead atoms. The molecule has 1 N–H and O–H groups in total. The van der Waals surface area contributed by atoms with Gasteiger partial charge in [-0.1, -0.05) is 6.08 Å². The second-order valence-corrected chi connectivity index (χ2v) is 4.79. The maximum absolute atomic E-state index is 11.6. The Labute approximate surface area is 95.2 Å². The van der Waals surface area contributed by atoms with E-state index in [0.717, 1.165) is 12.8 Å². The van der Waals surface area contributed by atoms with Gasteiger partial charge in [-0.2, -0.15) is 0 Å². The van der Waals surface area contributed by atoms with Crippen molar-refractivity contribution in [3.63, 3.8) is 0 Å². The summed E-state index contributed by atoms with van der Waals surface area (Å²) in [7, 11) is 0. The Hall–Kier alpha value is -0.710. The molecule has 0 radical (unpaired) electrons. The predicted molar refractivity (Wildman–Crippen MR) is 57.9 cm³/mol. The van der Waals surface area contributed by atoms with E-state index in [0.29, 0.717) is 18.6 Å². The Kier molecular flexibility index (Phi) is 3.15. The highest BCUT2D eigenvalue weighted by molar-refractivity contribution is 5.97. The molecule has 2 aliphatic rings. The van der Waals surface area contributed by atoms with Crippen LogP contribution in [-0.2, 0) is 14.3 Å². The lowest BCUT2D eigenvalue weighted by atomic mass is 9.92. The number of carbonyl (C=O) groups is 1. The molecule has 2 rings (SSSR count). The fourth-order valence-corrected chi connectivity index (χ4v) is 2.14. The van der Waals surface area contributed by atoms with E-state index >= 15 is 0 Å². The summed E-state index contributed by atoms with van der Waals surface area (Å²) in [4.78, 5) is 11.6. The Morgan fingerprint density at radius 3 is 2.88 bits per heavy atom. The molecule has 4 nitrogen and oxygen atoms in total. The van der Waals surface area contributed by atoms with Crippen LogP contribution in [0, 0.1) is 0 Å². The van der Waals surface area contributed by atoms with Crippen molar-refractivity contribution in [2.24, 2.45) is 0 Å². The summed E-state index contributed by atoms with van der Waals surface area (Å²) in [5.74, 6) is -0.628. The monoisotopic (exact) mass is 226 g/mol. The number of Topliss-reactive ketones (excluding diaryl/α,β-unsaturated/α-hetero) is 1. The van der Waals surface area contributed by atoms with E-state index in [-0.39, 0.29) is 5.78 Å². The first-order chi connectivity index (χ1) is 7.49. The average molecular weight is 226 g/mol. The minimum atomic E-state index is -0.852. The number of ketones is 1. The van der Waals surface area contributed by atoms with Gasteiger partial charge in [-0.15, -0.1) is 0 Å². The van der Waals surface area contributed by atoms with E-state index in [1.807, 2.05) is 6.08 Å². The fourth-order valence-electron chi connectivity index (χ4n) is 2.14. The number of ether oxygens (including phenoxy) is 2. The number of aliphatic hydroxyl groups is 1. The van der Waals surface area contributed by atoms with Gasteiger partial charge >= 0.3 is 0 Å². The maximum Gasteiger partial charge on any atom is 0.163 e. The highest BCUT2D eigenvalue weighted by Gasteiger charge is 2.39. The quantitative estimate of drug-likeness (QED) is 0.768. The number of rotatable bonds is 2. The van der Waals surface area contributed by atoms with Gasteiger partial charge in [0.2, 0.25) is 0 Å². The van der Waals surface area contributed by atoms with Crippen LogP contribution in [-0.4, -0.2) is 35.5 Å².